The minimum atomic E-state index is -0.238. The number of nitrogens with one attached hydrogen (secondary N) is 2. The van der Waals surface area contributed by atoms with Crippen molar-refractivity contribution in [3.63, 3.8) is 0 Å². The summed E-state index contributed by atoms with van der Waals surface area (Å²) in [5, 5.41) is 8.85. The van der Waals surface area contributed by atoms with Gasteiger partial charge in [0.1, 0.15) is 5.75 Å². The fourth-order valence-corrected chi connectivity index (χ4v) is 4.43. The van der Waals surface area contributed by atoms with E-state index in [1.807, 2.05) is 43.5 Å². The molecular weight excluding hydrogens is 460 g/mol. The van der Waals surface area contributed by atoms with Gasteiger partial charge >= 0.3 is 0 Å². The summed E-state index contributed by atoms with van der Waals surface area (Å²) >= 11 is 7.40. The number of hydrogen-bond donors (Lipinski definition) is 2. The van der Waals surface area contributed by atoms with Gasteiger partial charge in [0.05, 0.1) is 18.5 Å². The third-order valence-electron chi connectivity index (χ3n) is 5.26. The van der Waals surface area contributed by atoms with E-state index in [2.05, 4.69) is 15.4 Å². The molecule has 2 aromatic heterocycles. The molecule has 1 amide bonds. The topological polar surface area (TPSA) is 89.0 Å². The van der Waals surface area contributed by atoms with Gasteiger partial charge in [0.25, 0.3) is 5.56 Å². The Labute approximate surface area is 200 Å². The Hall–Kier alpha value is -3.36. The standard InChI is InChI=1S/C24H23ClN4O3S/c1-14-4-6-16(7-5-14)20-13-33-24(27-20)29-23(31)18(15(2)28-29)9-11-22(30)26-19-12-17(25)8-10-21(19)32-3/h4-8,10,12-13,28H,9,11H2,1-3H3,(H,26,30). The predicted octanol–water partition coefficient (Wildman–Crippen LogP) is 5.14. The summed E-state index contributed by atoms with van der Waals surface area (Å²) in [4.78, 5) is 30.2. The average molecular weight is 483 g/mol. The number of carbonyl (C=O) groups is 1. The van der Waals surface area contributed by atoms with Crippen LogP contribution in [0.2, 0.25) is 5.02 Å². The summed E-state index contributed by atoms with van der Waals surface area (Å²) in [6.45, 7) is 3.85. The van der Waals surface area contributed by atoms with E-state index in [1.54, 1.807) is 18.2 Å². The zero-order chi connectivity index (χ0) is 23.5. The quantitative estimate of drug-likeness (QED) is 0.381. The number of aromatic amines is 1. The number of anilines is 1. The third-order valence-corrected chi connectivity index (χ3v) is 6.32. The smallest absolute Gasteiger partial charge is 0.276 e. The predicted molar refractivity (Wildman–Crippen MR) is 132 cm³/mol. The molecule has 0 fully saturated rings. The molecular formula is C24H23ClN4O3S. The van der Waals surface area contributed by atoms with Crippen LogP contribution in [-0.2, 0) is 11.2 Å². The second kappa shape index (κ2) is 9.64. The van der Waals surface area contributed by atoms with E-state index in [0.717, 1.165) is 11.3 Å². The zero-order valence-corrected chi connectivity index (χ0v) is 20.0. The molecule has 7 nitrogen and oxygen atoms in total. The fourth-order valence-electron chi connectivity index (χ4n) is 3.46. The van der Waals surface area contributed by atoms with Gasteiger partial charge in [-0.15, -0.1) is 11.3 Å². The Kier molecular flexibility index (Phi) is 6.67. The van der Waals surface area contributed by atoms with Gasteiger partial charge in [0.2, 0.25) is 11.0 Å². The van der Waals surface area contributed by atoms with Crippen LogP contribution in [0.4, 0.5) is 5.69 Å². The number of carbonyl (C=O) groups excluding carboxylic acids is 1. The largest absolute Gasteiger partial charge is 0.495 e. The molecule has 0 aliphatic rings. The number of aryl methyl sites for hydroxylation is 2. The van der Waals surface area contributed by atoms with E-state index in [4.69, 9.17) is 16.3 Å². The second-order valence-corrected chi connectivity index (χ2v) is 8.90. The van der Waals surface area contributed by atoms with Gasteiger partial charge in [-0.3, -0.25) is 14.7 Å². The molecule has 4 aromatic rings. The van der Waals surface area contributed by atoms with E-state index in [0.29, 0.717) is 39.3 Å². The molecule has 33 heavy (non-hydrogen) atoms. The van der Waals surface area contributed by atoms with Gasteiger partial charge in [-0.25, -0.2) is 4.98 Å². The minimum Gasteiger partial charge on any atom is -0.495 e. The van der Waals surface area contributed by atoms with Gasteiger partial charge < -0.3 is 10.1 Å². The molecule has 2 N–H and O–H groups in total. The van der Waals surface area contributed by atoms with Crippen LogP contribution >= 0.6 is 22.9 Å². The number of thiazole rings is 1. The maximum atomic E-state index is 13.0. The maximum absolute atomic E-state index is 13.0. The van der Waals surface area contributed by atoms with Crippen LogP contribution in [0.3, 0.4) is 0 Å². The average Bonchev–Trinajstić information content (AvgIpc) is 3.38. The van der Waals surface area contributed by atoms with E-state index >= 15 is 0 Å². The van der Waals surface area contributed by atoms with Crippen LogP contribution in [0.15, 0.2) is 52.6 Å². The van der Waals surface area contributed by atoms with E-state index in [1.165, 1.54) is 28.7 Å². The van der Waals surface area contributed by atoms with Crippen LogP contribution in [0.1, 0.15) is 23.2 Å². The molecule has 0 radical (unpaired) electrons. The highest BCUT2D eigenvalue weighted by Gasteiger charge is 2.17. The molecule has 2 heterocycles. The first-order chi connectivity index (χ1) is 15.9. The monoisotopic (exact) mass is 482 g/mol. The van der Waals surface area contributed by atoms with E-state index in [9.17, 15) is 9.59 Å². The highest BCUT2D eigenvalue weighted by Crippen LogP contribution is 2.28. The summed E-state index contributed by atoms with van der Waals surface area (Å²) in [6, 6.07) is 13.1. The lowest BCUT2D eigenvalue weighted by molar-refractivity contribution is -0.116. The molecule has 0 saturated carbocycles. The van der Waals surface area contributed by atoms with Crippen molar-refractivity contribution in [3.05, 3.63) is 80.0 Å². The Bertz CT molecular complexity index is 1360. The van der Waals surface area contributed by atoms with Crippen molar-refractivity contribution in [1.82, 2.24) is 14.8 Å². The van der Waals surface area contributed by atoms with Gasteiger partial charge in [-0.2, -0.15) is 4.68 Å². The lowest BCUT2D eigenvalue weighted by Gasteiger charge is -2.10. The number of hydrogen-bond acceptors (Lipinski definition) is 5. The lowest BCUT2D eigenvalue weighted by atomic mass is 10.1. The number of ether oxygens (including phenoxy) is 1. The molecule has 0 bridgehead atoms. The molecule has 9 heteroatoms. The SMILES string of the molecule is COc1ccc(Cl)cc1NC(=O)CCc1c(C)[nH]n(-c2nc(-c3ccc(C)cc3)cs2)c1=O. The fraction of sp³-hybridized carbons (Fsp3) is 0.208. The van der Waals surface area contributed by atoms with Crippen molar-refractivity contribution in [3.8, 4) is 22.1 Å². The molecule has 170 valence electrons. The van der Waals surface area contributed by atoms with Crippen molar-refractivity contribution in [1.29, 1.82) is 0 Å². The highest BCUT2D eigenvalue weighted by molar-refractivity contribution is 7.12. The summed E-state index contributed by atoms with van der Waals surface area (Å²) < 4.78 is 6.69. The summed E-state index contributed by atoms with van der Waals surface area (Å²) in [7, 11) is 1.52. The first kappa shape index (κ1) is 22.8. The van der Waals surface area contributed by atoms with Crippen molar-refractivity contribution in [2.45, 2.75) is 26.7 Å². The van der Waals surface area contributed by atoms with Crippen LogP contribution in [-0.4, -0.2) is 27.8 Å². The Morgan fingerprint density at radius 3 is 2.70 bits per heavy atom. The lowest BCUT2D eigenvalue weighted by Crippen LogP contribution is -2.19. The Morgan fingerprint density at radius 1 is 1.21 bits per heavy atom. The molecule has 0 aliphatic carbocycles. The third kappa shape index (κ3) is 5.02. The number of halogens is 1. The molecule has 0 spiro atoms. The summed E-state index contributed by atoms with van der Waals surface area (Å²) in [5.74, 6) is 0.277. The van der Waals surface area contributed by atoms with Crippen LogP contribution in [0, 0.1) is 13.8 Å². The molecule has 0 atom stereocenters. The minimum absolute atomic E-state index is 0.135. The van der Waals surface area contributed by atoms with Crippen molar-refractivity contribution < 1.29 is 9.53 Å². The van der Waals surface area contributed by atoms with Gasteiger partial charge in [0, 0.05) is 33.6 Å². The Morgan fingerprint density at radius 2 is 1.97 bits per heavy atom. The van der Waals surface area contributed by atoms with Gasteiger partial charge in [-0.1, -0.05) is 41.4 Å². The normalized spacial score (nSPS) is 10.9. The molecule has 0 saturated heterocycles. The highest BCUT2D eigenvalue weighted by atomic mass is 35.5. The molecule has 0 aliphatic heterocycles. The van der Waals surface area contributed by atoms with E-state index in [-0.39, 0.29) is 17.9 Å². The number of nitrogens with zero attached hydrogens (tertiary/aromatic N) is 2. The number of H-pyrrole nitrogens is 1. The van der Waals surface area contributed by atoms with E-state index < -0.39 is 0 Å². The number of aromatic nitrogens is 3. The number of rotatable bonds is 7. The first-order valence-electron chi connectivity index (χ1n) is 10.3. The number of amides is 1. The van der Waals surface area contributed by atoms with Gasteiger partial charge in [-0.05, 0) is 38.5 Å². The van der Waals surface area contributed by atoms with Crippen LogP contribution < -0.4 is 15.6 Å². The molecule has 2 aromatic carbocycles. The second-order valence-electron chi connectivity index (χ2n) is 7.63. The summed E-state index contributed by atoms with van der Waals surface area (Å²) in [6.07, 6.45) is 0.426. The maximum Gasteiger partial charge on any atom is 0.276 e. The number of methoxy groups -OCH3 is 1. The zero-order valence-electron chi connectivity index (χ0n) is 18.4. The van der Waals surface area contributed by atoms with Crippen molar-refractivity contribution in [2.75, 3.05) is 12.4 Å². The van der Waals surface area contributed by atoms with Crippen LogP contribution in [0.25, 0.3) is 16.4 Å². The molecule has 0 unspecified atom stereocenters. The molecule has 4 rings (SSSR count). The van der Waals surface area contributed by atoms with Crippen molar-refractivity contribution in [2.24, 2.45) is 0 Å². The summed E-state index contributed by atoms with van der Waals surface area (Å²) in [5.41, 5.74) is 4.52. The van der Waals surface area contributed by atoms with Gasteiger partial charge in [0.15, 0.2) is 0 Å². The first-order valence-corrected chi connectivity index (χ1v) is 11.6. The van der Waals surface area contributed by atoms with Crippen molar-refractivity contribution >= 4 is 34.5 Å². The Balaban J connectivity index is 1.48. The number of benzene rings is 2. The van der Waals surface area contributed by atoms with Crippen LogP contribution in [0.5, 0.6) is 5.75 Å².